The first-order chi connectivity index (χ1) is 12.9. The normalized spacial score (nSPS) is 12.0. The van der Waals surface area contributed by atoms with Crippen LogP contribution in [0.4, 0.5) is 0 Å². The number of carbonyl (C=O) groups is 1. The Morgan fingerprint density at radius 3 is 2.52 bits per heavy atom. The summed E-state index contributed by atoms with van der Waals surface area (Å²) < 4.78 is 4.69. The van der Waals surface area contributed by atoms with Gasteiger partial charge in [-0.05, 0) is 42.3 Å². The van der Waals surface area contributed by atoms with Gasteiger partial charge in [0, 0.05) is 24.4 Å². The third-order valence-corrected chi connectivity index (χ3v) is 4.70. The SMILES string of the molecule is Cc1nonc1CN(C)C(=O)C[C@@H](c1cccc(O)c1)c1cccc(Cl)c1. The van der Waals surface area contributed by atoms with Crippen molar-refractivity contribution in [1.82, 2.24) is 15.2 Å². The Balaban J connectivity index is 1.84. The molecule has 0 unspecified atom stereocenters. The molecule has 140 valence electrons. The van der Waals surface area contributed by atoms with Crippen molar-refractivity contribution in [3.63, 3.8) is 0 Å². The summed E-state index contributed by atoms with van der Waals surface area (Å²) in [7, 11) is 1.72. The van der Waals surface area contributed by atoms with E-state index in [0.717, 1.165) is 11.1 Å². The Hall–Kier alpha value is -2.86. The average Bonchev–Trinajstić information content (AvgIpc) is 3.04. The summed E-state index contributed by atoms with van der Waals surface area (Å²) in [5.41, 5.74) is 3.05. The highest BCUT2D eigenvalue weighted by Gasteiger charge is 2.22. The lowest BCUT2D eigenvalue weighted by Crippen LogP contribution is -2.28. The zero-order valence-corrected chi connectivity index (χ0v) is 15.8. The fraction of sp³-hybridized carbons (Fsp3) is 0.250. The van der Waals surface area contributed by atoms with Gasteiger partial charge in [-0.1, -0.05) is 46.2 Å². The molecule has 0 saturated heterocycles. The Labute approximate surface area is 162 Å². The van der Waals surface area contributed by atoms with Crippen LogP contribution >= 0.6 is 11.6 Å². The molecule has 2 aromatic carbocycles. The average molecular weight is 386 g/mol. The molecule has 0 saturated carbocycles. The van der Waals surface area contributed by atoms with Crippen LogP contribution < -0.4 is 0 Å². The molecule has 0 spiro atoms. The molecule has 1 heterocycles. The quantitative estimate of drug-likeness (QED) is 0.695. The van der Waals surface area contributed by atoms with Crippen molar-refractivity contribution in [3.8, 4) is 5.75 Å². The lowest BCUT2D eigenvalue weighted by molar-refractivity contribution is -0.130. The largest absolute Gasteiger partial charge is 0.508 e. The van der Waals surface area contributed by atoms with Crippen molar-refractivity contribution in [2.75, 3.05) is 7.05 Å². The number of carbonyl (C=O) groups excluding carboxylic acids is 1. The van der Waals surface area contributed by atoms with Crippen LogP contribution in [0.5, 0.6) is 5.75 Å². The Bertz CT molecular complexity index is 896. The highest BCUT2D eigenvalue weighted by atomic mass is 35.5. The predicted octanol–water partition coefficient (Wildman–Crippen LogP) is 3.92. The van der Waals surface area contributed by atoms with Gasteiger partial charge in [0.05, 0.1) is 6.54 Å². The second kappa shape index (κ2) is 8.22. The first kappa shape index (κ1) is 18.9. The number of aromatic hydroxyl groups is 1. The molecule has 0 aliphatic rings. The molecule has 0 aliphatic carbocycles. The molecule has 1 amide bonds. The molecule has 3 aromatic rings. The van der Waals surface area contributed by atoms with E-state index in [-0.39, 0.29) is 24.0 Å². The minimum atomic E-state index is -0.234. The van der Waals surface area contributed by atoms with E-state index in [1.165, 1.54) is 0 Å². The zero-order chi connectivity index (χ0) is 19.4. The van der Waals surface area contributed by atoms with Crippen molar-refractivity contribution in [2.24, 2.45) is 0 Å². The molecule has 0 fully saturated rings. The van der Waals surface area contributed by atoms with Crippen LogP contribution in [-0.4, -0.2) is 33.3 Å². The van der Waals surface area contributed by atoms with E-state index >= 15 is 0 Å². The maximum Gasteiger partial charge on any atom is 0.223 e. The molecular weight excluding hydrogens is 366 g/mol. The van der Waals surface area contributed by atoms with E-state index in [9.17, 15) is 9.90 Å². The van der Waals surface area contributed by atoms with Crippen LogP contribution in [0.2, 0.25) is 5.02 Å². The van der Waals surface area contributed by atoms with Gasteiger partial charge in [-0.3, -0.25) is 4.79 Å². The van der Waals surface area contributed by atoms with Crippen LogP contribution in [0.25, 0.3) is 0 Å². The fourth-order valence-corrected chi connectivity index (χ4v) is 3.13. The number of hydrogen-bond donors (Lipinski definition) is 1. The summed E-state index contributed by atoms with van der Waals surface area (Å²) in [6, 6.07) is 14.3. The van der Waals surface area contributed by atoms with Gasteiger partial charge in [0.1, 0.15) is 17.1 Å². The van der Waals surface area contributed by atoms with Gasteiger partial charge in [0.15, 0.2) is 0 Å². The predicted molar refractivity (Wildman–Crippen MR) is 102 cm³/mol. The van der Waals surface area contributed by atoms with Gasteiger partial charge in [0.2, 0.25) is 5.91 Å². The molecule has 7 heteroatoms. The summed E-state index contributed by atoms with van der Waals surface area (Å²) in [4.78, 5) is 14.4. The highest BCUT2D eigenvalue weighted by molar-refractivity contribution is 6.30. The molecule has 6 nitrogen and oxygen atoms in total. The van der Waals surface area contributed by atoms with Crippen LogP contribution in [0.1, 0.15) is 34.9 Å². The number of rotatable bonds is 6. The van der Waals surface area contributed by atoms with E-state index in [1.54, 1.807) is 43.1 Å². The van der Waals surface area contributed by atoms with E-state index in [2.05, 4.69) is 10.3 Å². The third kappa shape index (κ3) is 4.65. The van der Waals surface area contributed by atoms with E-state index < -0.39 is 0 Å². The van der Waals surface area contributed by atoms with Crippen molar-refractivity contribution in [2.45, 2.75) is 25.8 Å². The molecule has 27 heavy (non-hydrogen) atoms. The number of aromatic nitrogens is 2. The minimum absolute atomic E-state index is 0.0641. The molecular formula is C20H20ClN3O3. The number of phenols is 1. The van der Waals surface area contributed by atoms with Crippen molar-refractivity contribution in [1.29, 1.82) is 0 Å². The maximum atomic E-state index is 12.9. The second-order valence-corrected chi connectivity index (χ2v) is 6.89. The number of benzene rings is 2. The number of nitrogens with zero attached hydrogens (tertiary/aromatic N) is 3. The molecule has 1 atom stereocenters. The summed E-state index contributed by atoms with van der Waals surface area (Å²) in [6.07, 6.45) is 0.227. The summed E-state index contributed by atoms with van der Waals surface area (Å²) in [5, 5.41) is 18.0. The summed E-state index contributed by atoms with van der Waals surface area (Å²) in [5.74, 6) is -0.141. The van der Waals surface area contributed by atoms with Gasteiger partial charge in [-0.2, -0.15) is 0 Å². The molecule has 0 aliphatic heterocycles. The van der Waals surface area contributed by atoms with Crippen molar-refractivity contribution >= 4 is 17.5 Å². The molecule has 3 rings (SSSR count). The van der Waals surface area contributed by atoms with E-state index in [0.29, 0.717) is 23.0 Å². The number of phenolic OH excluding ortho intramolecular Hbond substituents is 1. The number of halogens is 1. The summed E-state index contributed by atoms with van der Waals surface area (Å²) >= 11 is 6.15. The maximum absolute atomic E-state index is 12.9. The zero-order valence-electron chi connectivity index (χ0n) is 15.1. The van der Waals surface area contributed by atoms with Crippen LogP contribution in [0.3, 0.4) is 0 Å². The standard InChI is InChI=1S/C20H20ClN3O3/c1-13-19(23-27-22-13)12-24(2)20(26)11-18(14-5-3-7-16(21)9-14)15-6-4-8-17(25)10-15/h3-10,18,25H,11-12H2,1-2H3/t18-/m1/s1. The lowest BCUT2D eigenvalue weighted by Gasteiger charge is -2.22. The number of hydrogen-bond acceptors (Lipinski definition) is 5. The van der Waals surface area contributed by atoms with E-state index in [4.69, 9.17) is 16.2 Å². The third-order valence-electron chi connectivity index (χ3n) is 4.46. The van der Waals surface area contributed by atoms with Crippen molar-refractivity contribution < 1.29 is 14.5 Å². The van der Waals surface area contributed by atoms with Crippen LogP contribution in [0.15, 0.2) is 53.2 Å². The first-order valence-corrected chi connectivity index (χ1v) is 8.88. The monoisotopic (exact) mass is 385 g/mol. The van der Waals surface area contributed by atoms with Gasteiger partial charge in [-0.25, -0.2) is 4.63 Å². The van der Waals surface area contributed by atoms with Gasteiger partial charge in [0.25, 0.3) is 0 Å². The van der Waals surface area contributed by atoms with Crippen LogP contribution in [0, 0.1) is 6.92 Å². The fourth-order valence-electron chi connectivity index (χ4n) is 2.93. The topological polar surface area (TPSA) is 79.5 Å². The van der Waals surface area contributed by atoms with Crippen LogP contribution in [-0.2, 0) is 11.3 Å². The van der Waals surface area contributed by atoms with Gasteiger partial charge >= 0.3 is 0 Å². The number of aryl methyl sites for hydroxylation is 1. The molecule has 0 bridgehead atoms. The first-order valence-electron chi connectivity index (χ1n) is 8.50. The van der Waals surface area contributed by atoms with E-state index in [1.807, 2.05) is 24.3 Å². The smallest absolute Gasteiger partial charge is 0.223 e. The van der Waals surface area contributed by atoms with Gasteiger partial charge < -0.3 is 10.0 Å². The molecule has 0 radical (unpaired) electrons. The number of amides is 1. The Morgan fingerprint density at radius 1 is 1.19 bits per heavy atom. The van der Waals surface area contributed by atoms with Gasteiger partial charge in [-0.15, -0.1) is 0 Å². The Kier molecular flexibility index (Phi) is 5.76. The molecule has 1 N–H and O–H groups in total. The molecule has 1 aromatic heterocycles. The highest BCUT2D eigenvalue weighted by Crippen LogP contribution is 2.32. The summed E-state index contributed by atoms with van der Waals surface area (Å²) in [6.45, 7) is 2.10. The lowest BCUT2D eigenvalue weighted by atomic mass is 9.88. The Morgan fingerprint density at radius 2 is 1.89 bits per heavy atom. The van der Waals surface area contributed by atoms with Crippen molar-refractivity contribution in [3.05, 3.63) is 76.1 Å². The second-order valence-electron chi connectivity index (χ2n) is 6.45. The minimum Gasteiger partial charge on any atom is -0.508 e.